The van der Waals surface area contributed by atoms with Crippen molar-refractivity contribution in [3.05, 3.63) is 77.3 Å². The molecule has 0 aromatic heterocycles. The lowest BCUT2D eigenvalue weighted by molar-refractivity contribution is -0.0689. The maximum absolute atomic E-state index is 13.8. The zero-order chi connectivity index (χ0) is 20.3. The van der Waals surface area contributed by atoms with Gasteiger partial charge in [-0.1, -0.05) is 33.4 Å². The van der Waals surface area contributed by atoms with Crippen LogP contribution in [0.25, 0.3) is 5.57 Å². The Morgan fingerprint density at radius 1 is 1.18 bits per heavy atom. The highest BCUT2D eigenvalue weighted by atomic mass is 32.2. The lowest BCUT2D eigenvalue weighted by Gasteiger charge is -2.23. The first-order valence-corrected chi connectivity index (χ1v) is 11.1. The maximum Gasteiger partial charge on any atom is 0.417 e. The van der Waals surface area contributed by atoms with Crippen molar-refractivity contribution < 1.29 is 17.6 Å². The molecular weight excluding hydrogens is 405 g/mol. The van der Waals surface area contributed by atoms with Crippen LogP contribution in [0.3, 0.4) is 0 Å². The van der Waals surface area contributed by atoms with Crippen LogP contribution in [-0.2, 0) is 5.75 Å². The van der Waals surface area contributed by atoms with E-state index >= 15 is 0 Å². The third kappa shape index (κ3) is 4.98. The number of thioether (sulfide) groups is 1. The van der Waals surface area contributed by atoms with Crippen LogP contribution in [0.4, 0.5) is 23.2 Å². The Labute approximate surface area is 168 Å². The largest absolute Gasteiger partial charge is 0.417 e. The minimum Gasteiger partial charge on any atom is -0.355 e. The Morgan fingerprint density at radius 3 is 2.68 bits per heavy atom. The molecular formula is C21H20F4NPS. The molecule has 1 aliphatic rings. The Kier molecular flexibility index (Phi) is 6.51. The molecule has 0 saturated carbocycles. The molecule has 1 heterocycles. The second kappa shape index (κ2) is 8.71. The van der Waals surface area contributed by atoms with Crippen LogP contribution < -0.4 is 10.6 Å². The summed E-state index contributed by atoms with van der Waals surface area (Å²) in [5.74, 6) is 1.23. The van der Waals surface area contributed by atoms with Gasteiger partial charge in [0.2, 0.25) is 0 Å². The second-order valence-corrected chi connectivity index (χ2v) is 9.02. The highest BCUT2D eigenvalue weighted by Crippen LogP contribution is 2.41. The summed E-state index contributed by atoms with van der Waals surface area (Å²) in [5.41, 5.74) is 1.82. The van der Waals surface area contributed by atoms with E-state index in [-0.39, 0.29) is 17.1 Å². The topological polar surface area (TPSA) is 12.0 Å². The van der Waals surface area contributed by atoms with Crippen molar-refractivity contribution in [3.8, 4) is 0 Å². The highest BCUT2D eigenvalue weighted by Gasteiger charge is 2.37. The van der Waals surface area contributed by atoms with E-state index < -0.39 is 11.7 Å². The van der Waals surface area contributed by atoms with Gasteiger partial charge in [-0.15, -0.1) is 0 Å². The summed E-state index contributed by atoms with van der Waals surface area (Å²) < 4.78 is 53.8. The summed E-state index contributed by atoms with van der Waals surface area (Å²) in [5, 5.41) is 3.77. The van der Waals surface area contributed by atoms with Gasteiger partial charge in [-0.3, -0.25) is 0 Å². The number of anilines is 1. The third-order valence-corrected chi connectivity index (χ3v) is 6.97. The number of halogens is 4. The molecule has 148 valence electrons. The number of benzene rings is 2. The smallest absolute Gasteiger partial charge is 0.355 e. The fourth-order valence-electron chi connectivity index (χ4n) is 2.97. The standard InChI is InChI=1S/C21H20F4NPS/c1-13-4-3-5-19(22)17(13)12-28-9-8-27-15-6-7-20-16(11-15)18(21(23,24)25)10-14(2)26-20/h3-7,10-11,26-27H,2,8-9,12H2,1H3. The predicted molar refractivity (Wildman–Crippen MR) is 113 cm³/mol. The van der Waals surface area contributed by atoms with Crippen LogP contribution in [0.2, 0.25) is 0 Å². The average molecular weight is 425 g/mol. The minimum absolute atomic E-state index is 0.166. The van der Waals surface area contributed by atoms with Gasteiger partial charge < -0.3 is 5.32 Å². The van der Waals surface area contributed by atoms with E-state index in [1.54, 1.807) is 30.0 Å². The molecule has 0 aliphatic carbocycles. The first-order chi connectivity index (χ1) is 13.3. The molecule has 1 N–H and O–H groups in total. The molecule has 0 fully saturated rings. The van der Waals surface area contributed by atoms with Crippen LogP contribution >= 0.6 is 20.3 Å². The van der Waals surface area contributed by atoms with E-state index in [4.69, 9.17) is 0 Å². The van der Waals surface area contributed by atoms with E-state index in [1.165, 1.54) is 6.07 Å². The second-order valence-electron chi connectivity index (χ2n) is 6.48. The number of aryl methyl sites for hydroxylation is 1. The third-order valence-electron chi connectivity index (χ3n) is 4.40. The number of allylic oxidation sites excluding steroid dienone is 2. The normalized spacial score (nSPS) is 14.2. The van der Waals surface area contributed by atoms with Gasteiger partial charge in [0.05, 0.1) is 5.57 Å². The fourth-order valence-corrected chi connectivity index (χ4v) is 5.41. The number of nitrogens with one attached hydrogen (secondary N) is 1. The minimum atomic E-state index is -4.42. The Balaban J connectivity index is 1.60. The fraction of sp³-hybridized carbons (Fsp3) is 0.238. The van der Waals surface area contributed by atoms with Gasteiger partial charge in [0.1, 0.15) is 5.82 Å². The van der Waals surface area contributed by atoms with Gasteiger partial charge in [-0.05, 0) is 54.0 Å². The molecule has 0 saturated heterocycles. The van der Waals surface area contributed by atoms with Crippen LogP contribution in [0.15, 0.2) is 54.8 Å². The summed E-state index contributed by atoms with van der Waals surface area (Å²) >= 11 is 1.64. The first kappa shape index (κ1) is 20.9. The molecule has 28 heavy (non-hydrogen) atoms. The molecule has 7 heteroatoms. The van der Waals surface area contributed by atoms with Crippen molar-refractivity contribution in [1.29, 1.82) is 0 Å². The van der Waals surface area contributed by atoms with E-state index in [9.17, 15) is 17.6 Å². The summed E-state index contributed by atoms with van der Waals surface area (Å²) in [6.07, 6.45) is -2.54. The number of fused-ring (bicyclic) bond motifs is 1. The lowest BCUT2D eigenvalue weighted by atomic mass is 9.99. The number of rotatable bonds is 6. The molecule has 2 aromatic rings. The zero-order valence-electron chi connectivity index (χ0n) is 15.3. The molecule has 1 atom stereocenters. The van der Waals surface area contributed by atoms with Crippen molar-refractivity contribution in [2.45, 2.75) is 18.9 Å². The van der Waals surface area contributed by atoms with Gasteiger partial charge in [-0.25, -0.2) is 4.39 Å². The molecule has 1 unspecified atom stereocenters. The van der Waals surface area contributed by atoms with Crippen LogP contribution in [0.1, 0.15) is 16.7 Å². The Morgan fingerprint density at radius 2 is 1.96 bits per heavy atom. The molecule has 3 rings (SSSR count). The summed E-state index contributed by atoms with van der Waals surface area (Å²) in [6, 6.07) is 10.2. The monoisotopic (exact) mass is 425 g/mol. The quantitative estimate of drug-likeness (QED) is 0.333. The van der Waals surface area contributed by atoms with E-state index in [0.29, 0.717) is 20.0 Å². The van der Waals surface area contributed by atoms with Gasteiger partial charge in [0, 0.05) is 28.3 Å². The molecule has 1 aliphatic heterocycles. The molecule has 0 amide bonds. The summed E-state index contributed by atoms with van der Waals surface area (Å²) in [7, 11) is 0.395. The number of alkyl halides is 3. The van der Waals surface area contributed by atoms with Crippen LogP contribution in [0, 0.1) is 12.7 Å². The van der Waals surface area contributed by atoms with E-state index in [2.05, 4.69) is 11.9 Å². The molecule has 1 nitrogen and oxygen atoms in total. The molecule has 0 bridgehead atoms. The summed E-state index contributed by atoms with van der Waals surface area (Å²) in [6.45, 7) is 5.48. The number of hydrogen-bond acceptors (Lipinski definition) is 2. The zero-order valence-corrected chi connectivity index (χ0v) is 17.1. The van der Waals surface area contributed by atoms with E-state index in [1.807, 2.05) is 19.1 Å². The molecule has 0 spiro atoms. The Hall–Kier alpha value is -1.78. The van der Waals surface area contributed by atoms with Crippen molar-refractivity contribution in [3.63, 3.8) is 0 Å². The van der Waals surface area contributed by atoms with Crippen molar-refractivity contribution in [2.24, 2.45) is 0 Å². The highest BCUT2D eigenvalue weighted by molar-refractivity contribution is 7.98. The molecule has 0 radical (unpaired) electrons. The SMILES string of the molecule is C=C1C=C(C(F)(F)F)c2cc(PCCSCc3c(C)cccc3F)ccc2N1. The van der Waals surface area contributed by atoms with Gasteiger partial charge in [0.25, 0.3) is 0 Å². The maximum atomic E-state index is 13.8. The van der Waals surface area contributed by atoms with Gasteiger partial charge in [-0.2, -0.15) is 24.9 Å². The van der Waals surface area contributed by atoms with Crippen LogP contribution in [-0.4, -0.2) is 18.1 Å². The van der Waals surface area contributed by atoms with E-state index in [0.717, 1.165) is 34.4 Å². The van der Waals surface area contributed by atoms with Crippen LogP contribution in [0.5, 0.6) is 0 Å². The van der Waals surface area contributed by atoms with Gasteiger partial charge in [0.15, 0.2) is 0 Å². The number of hydrogen-bond donors (Lipinski definition) is 1. The van der Waals surface area contributed by atoms with Crippen molar-refractivity contribution >= 4 is 36.9 Å². The van der Waals surface area contributed by atoms with Crippen molar-refractivity contribution in [2.75, 3.05) is 17.2 Å². The lowest BCUT2D eigenvalue weighted by Crippen LogP contribution is -2.18. The average Bonchev–Trinajstić information content (AvgIpc) is 2.62. The molecule has 2 aromatic carbocycles. The van der Waals surface area contributed by atoms with Crippen molar-refractivity contribution in [1.82, 2.24) is 0 Å². The Bertz CT molecular complexity index is 901. The van der Waals surface area contributed by atoms with Gasteiger partial charge >= 0.3 is 6.18 Å². The summed E-state index contributed by atoms with van der Waals surface area (Å²) in [4.78, 5) is 0. The predicted octanol–water partition coefficient (Wildman–Crippen LogP) is 6.26. The first-order valence-electron chi connectivity index (χ1n) is 8.70.